The lowest BCUT2D eigenvalue weighted by atomic mass is 10.1. The monoisotopic (exact) mass is 336 g/mol. The highest BCUT2D eigenvalue weighted by Crippen LogP contribution is 2.19. The summed E-state index contributed by atoms with van der Waals surface area (Å²) in [4.78, 5) is 23.5. The smallest absolute Gasteiger partial charge is 0.243 e. The molecule has 2 aromatic rings. The second kappa shape index (κ2) is 7.82. The van der Waals surface area contributed by atoms with Crippen LogP contribution in [-0.2, 0) is 16.0 Å². The summed E-state index contributed by atoms with van der Waals surface area (Å²) >= 11 is 11.7. The number of hydrogen-bond acceptors (Lipinski definition) is 2. The Morgan fingerprint density at radius 2 is 1.59 bits per heavy atom. The van der Waals surface area contributed by atoms with Gasteiger partial charge in [0.15, 0.2) is 0 Å². The molecule has 0 saturated heterocycles. The molecule has 22 heavy (non-hydrogen) atoms. The molecule has 0 atom stereocenters. The van der Waals surface area contributed by atoms with Crippen molar-refractivity contribution in [2.75, 3.05) is 11.9 Å². The third kappa shape index (κ3) is 5.06. The van der Waals surface area contributed by atoms with Crippen molar-refractivity contribution in [1.82, 2.24) is 5.32 Å². The minimum atomic E-state index is -0.336. The summed E-state index contributed by atoms with van der Waals surface area (Å²) in [6.07, 6.45) is 0.191. The van der Waals surface area contributed by atoms with Crippen molar-refractivity contribution in [2.24, 2.45) is 0 Å². The van der Waals surface area contributed by atoms with Crippen molar-refractivity contribution in [3.8, 4) is 0 Å². The zero-order chi connectivity index (χ0) is 15.9. The molecule has 2 amide bonds. The molecule has 0 spiro atoms. The lowest BCUT2D eigenvalue weighted by molar-refractivity contribution is -0.123. The summed E-state index contributed by atoms with van der Waals surface area (Å²) in [7, 11) is 0. The maximum atomic E-state index is 11.8. The third-order valence-corrected chi connectivity index (χ3v) is 3.45. The number of amides is 2. The number of nitrogens with one attached hydrogen (secondary N) is 2. The topological polar surface area (TPSA) is 58.2 Å². The predicted octanol–water partition coefficient (Wildman–Crippen LogP) is 3.29. The lowest BCUT2D eigenvalue weighted by Gasteiger charge is -2.08. The highest BCUT2D eigenvalue weighted by molar-refractivity contribution is 6.33. The standard InChI is InChI=1S/C16H14Cl2N2O2/c17-12-7-5-11(6-8-12)9-15(21)19-10-16(22)20-14-4-2-1-3-13(14)18/h1-8H,9-10H2,(H,19,21)(H,20,22). The van der Waals surface area contributed by atoms with E-state index >= 15 is 0 Å². The first kappa shape index (κ1) is 16.3. The van der Waals surface area contributed by atoms with Crippen LogP contribution in [0.1, 0.15) is 5.56 Å². The van der Waals surface area contributed by atoms with Crippen LogP contribution in [0, 0.1) is 0 Å². The molecule has 0 aromatic heterocycles. The number of anilines is 1. The van der Waals surface area contributed by atoms with Crippen LogP contribution in [0.5, 0.6) is 0 Å². The molecule has 2 aromatic carbocycles. The van der Waals surface area contributed by atoms with Gasteiger partial charge in [-0.1, -0.05) is 47.5 Å². The van der Waals surface area contributed by atoms with Crippen molar-refractivity contribution < 1.29 is 9.59 Å². The van der Waals surface area contributed by atoms with E-state index in [1.165, 1.54) is 0 Å². The minimum absolute atomic E-state index is 0.113. The van der Waals surface area contributed by atoms with Gasteiger partial charge in [0.2, 0.25) is 11.8 Å². The molecule has 0 aliphatic rings. The zero-order valence-electron chi connectivity index (χ0n) is 11.6. The van der Waals surface area contributed by atoms with Gasteiger partial charge in [0.25, 0.3) is 0 Å². The van der Waals surface area contributed by atoms with Gasteiger partial charge >= 0.3 is 0 Å². The molecule has 0 radical (unpaired) electrons. The van der Waals surface area contributed by atoms with Crippen LogP contribution in [0.15, 0.2) is 48.5 Å². The fourth-order valence-corrected chi connectivity index (χ4v) is 2.09. The summed E-state index contributed by atoms with van der Waals surface area (Å²) in [5, 5.41) is 6.25. The van der Waals surface area contributed by atoms with E-state index in [1.54, 1.807) is 48.5 Å². The number of hydrogen-bond donors (Lipinski definition) is 2. The molecule has 0 heterocycles. The Bertz CT molecular complexity index is 672. The van der Waals surface area contributed by atoms with E-state index in [0.29, 0.717) is 15.7 Å². The number of halogens is 2. The minimum Gasteiger partial charge on any atom is -0.347 e. The van der Waals surface area contributed by atoms with Crippen LogP contribution < -0.4 is 10.6 Å². The van der Waals surface area contributed by atoms with E-state index < -0.39 is 0 Å². The SMILES string of the molecule is O=C(Cc1ccc(Cl)cc1)NCC(=O)Nc1ccccc1Cl. The quantitative estimate of drug-likeness (QED) is 0.880. The van der Waals surface area contributed by atoms with Gasteiger partial charge in [-0.05, 0) is 29.8 Å². The van der Waals surface area contributed by atoms with Gasteiger partial charge in [-0.2, -0.15) is 0 Å². The average Bonchev–Trinajstić information content (AvgIpc) is 2.50. The van der Waals surface area contributed by atoms with E-state index in [2.05, 4.69) is 10.6 Å². The molecule has 0 aliphatic carbocycles. The van der Waals surface area contributed by atoms with Gasteiger partial charge in [-0.15, -0.1) is 0 Å². The largest absolute Gasteiger partial charge is 0.347 e. The second-order valence-electron chi connectivity index (χ2n) is 4.61. The molecule has 2 rings (SSSR count). The van der Waals surface area contributed by atoms with Gasteiger partial charge in [-0.25, -0.2) is 0 Å². The first-order valence-corrected chi connectivity index (χ1v) is 7.36. The van der Waals surface area contributed by atoms with E-state index in [0.717, 1.165) is 5.56 Å². The molecular formula is C16H14Cl2N2O2. The number of benzene rings is 2. The first-order chi connectivity index (χ1) is 10.5. The summed E-state index contributed by atoms with van der Waals surface area (Å²) in [6.45, 7) is -0.113. The Morgan fingerprint density at radius 1 is 0.909 bits per heavy atom. The number of carbonyl (C=O) groups is 2. The van der Waals surface area contributed by atoms with Crippen molar-refractivity contribution >= 4 is 40.7 Å². The van der Waals surface area contributed by atoms with Crippen molar-refractivity contribution in [1.29, 1.82) is 0 Å². The maximum Gasteiger partial charge on any atom is 0.243 e. The Kier molecular flexibility index (Phi) is 5.81. The van der Waals surface area contributed by atoms with Crippen LogP contribution in [0.4, 0.5) is 5.69 Å². The normalized spacial score (nSPS) is 10.1. The Labute approximate surface area is 138 Å². The van der Waals surface area contributed by atoms with Crippen molar-refractivity contribution in [3.05, 3.63) is 64.1 Å². The zero-order valence-corrected chi connectivity index (χ0v) is 13.1. The van der Waals surface area contributed by atoms with Gasteiger partial charge in [0, 0.05) is 5.02 Å². The molecule has 0 aliphatic heterocycles. The van der Waals surface area contributed by atoms with Crippen molar-refractivity contribution in [3.63, 3.8) is 0 Å². The Morgan fingerprint density at radius 3 is 2.27 bits per heavy atom. The number of carbonyl (C=O) groups excluding carboxylic acids is 2. The third-order valence-electron chi connectivity index (χ3n) is 2.87. The van der Waals surface area contributed by atoms with Crippen molar-refractivity contribution in [2.45, 2.75) is 6.42 Å². The molecule has 0 bridgehead atoms. The van der Waals surface area contributed by atoms with E-state index in [-0.39, 0.29) is 24.8 Å². The van der Waals surface area contributed by atoms with Gasteiger partial charge in [0.05, 0.1) is 23.7 Å². The Hall–Kier alpha value is -2.04. The summed E-state index contributed by atoms with van der Waals surface area (Å²) in [5.41, 5.74) is 1.34. The highest BCUT2D eigenvalue weighted by atomic mass is 35.5. The van der Waals surface area contributed by atoms with Crippen LogP contribution in [0.2, 0.25) is 10.0 Å². The molecule has 2 N–H and O–H groups in total. The van der Waals surface area contributed by atoms with Gasteiger partial charge < -0.3 is 10.6 Å². The fraction of sp³-hybridized carbons (Fsp3) is 0.125. The molecule has 0 fully saturated rings. The van der Waals surface area contributed by atoms with Crippen LogP contribution in [-0.4, -0.2) is 18.4 Å². The summed E-state index contributed by atoms with van der Waals surface area (Å²) in [5.74, 6) is -0.575. The predicted molar refractivity (Wildman–Crippen MR) is 88.2 cm³/mol. The van der Waals surface area contributed by atoms with Crippen LogP contribution in [0.3, 0.4) is 0 Å². The van der Waals surface area contributed by atoms with Gasteiger partial charge in [0.1, 0.15) is 0 Å². The Balaban J connectivity index is 1.79. The summed E-state index contributed by atoms with van der Waals surface area (Å²) in [6, 6.07) is 13.9. The molecule has 0 saturated carbocycles. The highest BCUT2D eigenvalue weighted by Gasteiger charge is 2.08. The van der Waals surface area contributed by atoms with Gasteiger partial charge in [-0.3, -0.25) is 9.59 Å². The molecule has 6 heteroatoms. The number of rotatable bonds is 5. The van der Waals surface area contributed by atoms with Crippen LogP contribution >= 0.6 is 23.2 Å². The first-order valence-electron chi connectivity index (χ1n) is 6.60. The maximum absolute atomic E-state index is 11.8. The molecule has 4 nitrogen and oxygen atoms in total. The van der Waals surface area contributed by atoms with Crippen LogP contribution in [0.25, 0.3) is 0 Å². The van der Waals surface area contributed by atoms with E-state index in [4.69, 9.17) is 23.2 Å². The molecule has 114 valence electrons. The van der Waals surface area contributed by atoms with E-state index in [9.17, 15) is 9.59 Å². The fourth-order valence-electron chi connectivity index (χ4n) is 1.79. The molecule has 0 unspecified atom stereocenters. The van der Waals surface area contributed by atoms with E-state index in [1.807, 2.05) is 0 Å². The lowest BCUT2D eigenvalue weighted by Crippen LogP contribution is -2.33. The average molecular weight is 337 g/mol. The molecular weight excluding hydrogens is 323 g/mol. The summed E-state index contributed by atoms with van der Waals surface area (Å²) < 4.78 is 0. The second-order valence-corrected chi connectivity index (χ2v) is 5.45. The number of para-hydroxylation sites is 1.